The Morgan fingerprint density at radius 2 is 2.00 bits per heavy atom. The average Bonchev–Trinajstić information content (AvgIpc) is 2.31. The average molecular weight is 236 g/mol. The number of ether oxygens (including phenoxy) is 1. The minimum absolute atomic E-state index is 0.265. The summed E-state index contributed by atoms with van der Waals surface area (Å²) in [6.07, 6.45) is 0. The molecule has 3 heteroatoms. The molecule has 92 valence electrons. The van der Waals surface area contributed by atoms with Crippen LogP contribution in [0.3, 0.4) is 0 Å². The van der Waals surface area contributed by atoms with Crippen molar-refractivity contribution >= 4 is 11.5 Å². The van der Waals surface area contributed by atoms with E-state index >= 15 is 0 Å². The summed E-state index contributed by atoms with van der Waals surface area (Å²) in [5, 5.41) is 0. The third-order valence-corrected chi connectivity index (χ3v) is 2.75. The van der Waals surface area contributed by atoms with Crippen molar-refractivity contribution in [3.8, 4) is 0 Å². The van der Waals surface area contributed by atoms with Crippen molar-refractivity contribution in [1.82, 2.24) is 0 Å². The number of carbonyl (C=O) groups is 1. The summed E-state index contributed by atoms with van der Waals surface area (Å²) in [6, 6.07) is 4.94. The Bertz CT molecular complexity index is 461. The molecule has 17 heavy (non-hydrogen) atoms. The standard InChI is InChI=1S/C14H17FO2/c1-5-17-14(16)11(4)10(3)12-7-6-9(2)13(15)8-12/h6-8H,5H2,1-4H3/b11-10-. The number of allylic oxidation sites excluding steroid dienone is 1. The monoisotopic (exact) mass is 236 g/mol. The van der Waals surface area contributed by atoms with Crippen LogP contribution in [0.1, 0.15) is 31.9 Å². The van der Waals surface area contributed by atoms with Gasteiger partial charge in [-0.15, -0.1) is 0 Å². The maximum absolute atomic E-state index is 13.4. The van der Waals surface area contributed by atoms with Crippen LogP contribution >= 0.6 is 0 Å². The molecule has 0 unspecified atom stereocenters. The maximum Gasteiger partial charge on any atom is 0.333 e. The SMILES string of the molecule is CCOC(=O)/C(C)=C(/C)c1ccc(C)c(F)c1. The predicted octanol–water partition coefficient (Wildman–Crippen LogP) is 3.49. The molecular weight excluding hydrogens is 219 g/mol. The molecule has 0 saturated carbocycles. The summed E-state index contributed by atoms with van der Waals surface area (Å²) in [4.78, 5) is 11.5. The molecule has 0 aliphatic carbocycles. The maximum atomic E-state index is 13.4. The van der Waals surface area contributed by atoms with Crippen molar-refractivity contribution < 1.29 is 13.9 Å². The minimum Gasteiger partial charge on any atom is -0.463 e. The zero-order chi connectivity index (χ0) is 13.0. The summed E-state index contributed by atoms with van der Waals surface area (Å²) in [5.41, 5.74) is 2.55. The van der Waals surface area contributed by atoms with Crippen LogP contribution in [-0.2, 0) is 9.53 Å². The van der Waals surface area contributed by atoms with Gasteiger partial charge in [0.15, 0.2) is 0 Å². The molecule has 1 aromatic rings. The Morgan fingerprint density at radius 3 is 2.53 bits per heavy atom. The van der Waals surface area contributed by atoms with Gasteiger partial charge in [0, 0.05) is 5.57 Å². The zero-order valence-corrected chi connectivity index (χ0v) is 10.6. The van der Waals surface area contributed by atoms with Crippen molar-refractivity contribution in [3.05, 3.63) is 40.7 Å². The molecule has 0 aliphatic heterocycles. The number of esters is 1. The molecule has 1 rings (SSSR count). The van der Waals surface area contributed by atoms with E-state index in [1.54, 1.807) is 39.8 Å². The Morgan fingerprint density at radius 1 is 1.35 bits per heavy atom. The van der Waals surface area contributed by atoms with Gasteiger partial charge >= 0.3 is 5.97 Å². The second-order valence-electron chi connectivity index (χ2n) is 3.93. The summed E-state index contributed by atoms with van der Waals surface area (Å²) < 4.78 is 18.3. The predicted molar refractivity (Wildman–Crippen MR) is 66.0 cm³/mol. The van der Waals surface area contributed by atoms with Gasteiger partial charge in [-0.1, -0.05) is 12.1 Å². The quantitative estimate of drug-likeness (QED) is 0.593. The van der Waals surface area contributed by atoms with Gasteiger partial charge < -0.3 is 4.74 Å². The van der Waals surface area contributed by atoms with Crippen LogP contribution in [0, 0.1) is 12.7 Å². The molecular formula is C14H17FO2. The van der Waals surface area contributed by atoms with Gasteiger partial charge in [-0.05, 0) is 50.5 Å². The van der Waals surface area contributed by atoms with E-state index in [0.717, 1.165) is 5.57 Å². The highest BCUT2D eigenvalue weighted by atomic mass is 19.1. The fraction of sp³-hybridized carbons (Fsp3) is 0.357. The molecule has 0 spiro atoms. The first kappa shape index (κ1) is 13.4. The van der Waals surface area contributed by atoms with Crippen molar-refractivity contribution in [2.24, 2.45) is 0 Å². The lowest BCUT2D eigenvalue weighted by Gasteiger charge is -2.08. The van der Waals surface area contributed by atoms with Gasteiger partial charge in [-0.3, -0.25) is 0 Å². The molecule has 0 radical (unpaired) electrons. The third kappa shape index (κ3) is 3.16. The summed E-state index contributed by atoms with van der Waals surface area (Å²) >= 11 is 0. The van der Waals surface area contributed by atoms with Crippen LogP contribution < -0.4 is 0 Å². The van der Waals surface area contributed by atoms with E-state index < -0.39 is 0 Å². The molecule has 0 aliphatic rings. The molecule has 0 amide bonds. The van der Waals surface area contributed by atoms with Crippen molar-refractivity contribution in [2.75, 3.05) is 6.61 Å². The molecule has 0 fully saturated rings. The van der Waals surface area contributed by atoms with Gasteiger partial charge in [0.25, 0.3) is 0 Å². The molecule has 0 saturated heterocycles. The van der Waals surface area contributed by atoms with E-state index in [4.69, 9.17) is 4.74 Å². The van der Waals surface area contributed by atoms with Gasteiger partial charge in [-0.25, -0.2) is 9.18 Å². The minimum atomic E-state index is -0.356. The number of rotatable bonds is 3. The number of carbonyl (C=O) groups excluding carboxylic acids is 1. The molecule has 2 nitrogen and oxygen atoms in total. The molecule has 0 atom stereocenters. The van der Waals surface area contributed by atoms with E-state index in [1.165, 1.54) is 6.07 Å². The first-order valence-electron chi connectivity index (χ1n) is 5.58. The van der Waals surface area contributed by atoms with Gasteiger partial charge in [0.05, 0.1) is 6.61 Å². The van der Waals surface area contributed by atoms with Crippen molar-refractivity contribution in [1.29, 1.82) is 0 Å². The Balaban J connectivity index is 3.09. The van der Waals surface area contributed by atoms with Gasteiger partial charge in [-0.2, -0.15) is 0 Å². The summed E-state index contributed by atoms with van der Waals surface area (Å²) in [7, 11) is 0. The molecule has 0 heterocycles. The van der Waals surface area contributed by atoms with Gasteiger partial charge in [0.1, 0.15) is 5.82 Å². The lowest BCUT2D eigenvalue weighted by Crippen LogP contribution is -2.06. The fourth-order valence-corrected chi connectivity index (χ4v) is 1.44. The van der Waals surface area contributed by atoms with E-state index in [2.05, 4.69) is 0 Å². The highest BCUT2D eigenvalue weighted by Gasteiger charge is 2.10. The smallest absolute Gasteiger partial charge is 0.333 e. The Kier molecular flexibility index (Phi) is 4.44. The molecule has 0 aromatic heterocycles. The number of hydrogen-bond donors (Lipinski definition) is 0. The second-order valence-corrected chi connectivity index (χ2v) is 3.93. The number of halogens is 1. The Hall–Kier alpha value is -1.64. The highest BCUT2D eigenvalue weighted by Crippen LogP contribution is 2.21. The summed E-state index contributed by atoms with van der Waals surface area (Å²) in [5.74, 6) is -0.621. The fourth-order valence-electron chi connectivity index (χ4n) is 1.44. The highest BCUT2D eigenvalue weighted by molar-refractivity contribution is 5.96. The molecule has 0 bridgehead atoms. The number of benzene rings is 1. The zero-order valence-electron chi connectivity index (χ0n) is 10.6. The lowest BCUT2D eigenvalue weighted by molar-refractivity contribution is -0.138. The van der Waals surface area contributed by atoms with Gasteiger partial charge in [0.2, 0.25) is 0 Å². The second kappa shape index (κ2) is 5.62. The van der Waals surface area contributed by atoms with Crippen molar-refractivity contribution in [2.45, 2.75) is 27.7 Å². The van der Waals surface area contributed by atoms with Crippen LogP contribution in [0.5, 0.6) is 0 Å². The van der Waals surface area contributed by atoms with Crippen molar-refractivity contribution in [3.63, 3.8) is 0 Å². The number of aryl methyl sites for hydroxylation is 1. The lowest BCUT2D eigenvalue weighted by atomic mass is 10.0. The molecule has 1 aromatic carbocycles. The van der Waals surface area contributed by atoms with Crippen LogP contribution in [0.15, 0.2) is 23.8 Å². The van der Waals surface area contributed by atoms with E-state index in [9.17, 15) is 9.18 Å². The Labute approximate surface area is 101 Å². The largest absolute Gasteiger partial charge is 0.463 e. The first-order chi connectivity index (χ1) is 7.97. The van der Waals surface area contributed by atoms with Crippen LogP contribution in [-0.4, -0.2) is 12.6 Å². The van der Waals surface area contributed by atoms with E-state index in [0.29, 0.717) is 23.3 Å². The molecule has 0 N–H and O–H groups in total. The van der Waals surface area contributed by atoms with Crippen LogP contribution in [0.4, 0.5) is 4.39 Å². The van der Waals surface area contributed by atoms with Crippen LogP contribution in [0.25, 0.3) is 5.57 Å². The number of hydrogen-bond acceptors (Lipinski definition) is 2. The van der Waals surface area contributed by atoms with E-state index in [1.807, 2.05) is 0 Å². The third-order valence-electron chi connectivity index (χ3n) is 2.75. The van der Waals surface area contributed by atoms with Crippen LogP contribution in [0.2, 0.25) is 0 Å². The first-order valence-corrected chi connectivity index (χ1v) is 5.58. The summed E-state index contributed by atoms with van der Waals surface area (Å²) in [6.45, 7) is 7.27. The topological polar surface area (TPSA) is 26.3 Å². The normalized spacial score (nSPS) is 12.1. The van der Waals surface area contributed by atoms with E-state index in [-0.39, 0.29) is 11.8 Å².